The third kappa shape index (κ3) is 1.64. The summed E-state index contributed by atoms with van der Waals surface area (Å²) in [6.45, 7) is 8.77. The average molecular weight is 267 g/mol. The predicted octanol–water partition coefficient (Wildman–Crippen LogP) is 4.52. The van der Waals surface area contributed by atoms with Crippen LogP contribution in [-0.4, -0.2) is 11.1 Å². The lowest BCUT2D eigenvalue weighted by molar-refractivity contribution is 0.419. The summed E-state index contributed by atoms with van der Waals surface area (Å²) in [5.41, 5.74) is 4.57. The number of para-hydroxylation sites is 1. The van der Waals surface area contributed by atoms with Crippen LogP contribution in [0.1, 0.15) is 31.9 Å². The highest BCUT2D eigenvalue weighted by molar-refractivity contribution is 5.77. The van der Waals surface area contributed by atoms with Crippen molar-refractivity contribution in [2.24, 2.45) is 0 Å². The van der Waals surface area contributed by atoms with Crippen LogP contribution in [0.3, 0.4) is 0 Å². The van der Waals surface area contributed by atoms with Gasteiger partial charge in [-0.3, -0.25) is 0 Å². The van der Waals surface area contributed by atoms with Gasteiger partial charge in [0.05, 0.1) is 0 Å². The number of fused-ring (bicyclic) bond motifs is 1. The van der Waals surface area contributed by atoms with Crippen molar-refractivity contribution >= 4 is 11.4 Å². The van der Waals surface area contributed by atoms with Gasteiger partial charge in [0.1, 0.15) is 5.75 Å². The molecule has 2 nitrogen and oxygen atoms in total. The van der Waals surface area contributed by atoms with E-state index in [4.69, 9.17) is 0 Å². The van der Waals surface area contributed by atoms with Crippen LogP contribution in [-0.2, 0) is 5.41 Å². The molecule has 0 aromatic heterocycles. The van der Waals surface area contributed by atoms with Crippen LogP contribution < -0.4 is 4.90 Å². The molecule has 2 heteroatoms. The molecule has 0 bridgehead atoms. The van der Waals surface area contributed by atoms with Crippen molar-refractivity contribution in [3.05, 3.63) is 53.6 Å². The molecule has 1 heterocycles. The summed E-state index contributed by atoms with van der Waals surface area (Å²) in [7, 11) is 0. The number of hydrogen-bond donors (Lipinski definition) is 1. The molecule has 1 aliphatic rings. The summed E-state index contributed by atoms with van der Waals surface area (Å²) in [6.07, 6.45) is 0. The topological polar surface area (TPSA) is 23.5 Å². The lowest BCUT2D eigenvalue weighted by atomic mass is 9.81. The van der Waals surface area contributed by atoms with Crippen molar-refractivity contribution < 1.29 is 5.11 Å². The molecule has 1 N–H and O–H groups in total. The molecule has 2 aromatic carbocycles. The zero-order valence-corrected chi connectivity index (χ0v) is 12.5. The Bertz CT molecular complexity index is 660. The van der Waals surface area contributed by atoms with Gasteiger partial charge in [0, 0.05) is 28.4 Å². The van der Waals surface area contributed by atoms with Crippen LogP contribution >= 0.6 is 0 Å². The maximum atomic E-state index is 10.3. The summed E-state index contributed by atoms with van der Waals surface area (Å²) in [6, 6.07) is 14.5. The molecule has 0 fully saturated rings. The third-order valence-electron chi connectivity index (χ3n) is 4.73. The first kappa shape index (κ1) is 13.0. The molecule has 0 aliphatic carbocycles. The monoisotopic (exact) mass is 267 g/mol. The highest BCUT2D eigenvalue weighted by Crippen LogP contribution is 2.52. The Hall–Kier alpha value is -1.96. The lowest BCUT2D eigenvalue weighted by Gasteiger charge is -2.32. The Morgan fingerprint density at radius 2 is 1.65 bits per heavy atom. The number of hydrogen-bond acceptors (Lipinski definition) is 2. The number of aryl methyl sites for hydroxylation is 1. The Labute approximate surface area is 120 Å². The number of anilines is 2. The van der Waals surface area contributed by atoms with Crippen LogP contribution in [0.2, 0.25) is 0 Å². The second-order valence-electron chi connectivity index (χ2n) is 6.23. The van der Waals surface area contributed by atoms with Crippen molar-refractivity contribution in [2.75, 3.05) is 4.90 Å². The van der Waals surface area contributed by atoms with Gasteiger partial charge in [-0.05, 0) is 37.6 Å². The quantitative estimate of drug-likeness (QED) is 0.821. The molecular weight excluding hydrogens is 246 g/mol. The van der Waals surface area contributed by atoms with E-state index in [1.807, 2.05) is 6.07 Å². The van der Waals surface area contributed by atoms with Crippen molar-refractivity contribution in [1.82, 2.24) is 0 Å². The molecule has 0 amide bonds. The van der Waals surface area contributed by atoms with Crippen LogP contribution in [0.4, 0.5) is 11.4 Å². The van der Waals surface area contributed by atoms with E-state index in [0.29, 0.717) is 11.8 Å². The molecular formula is C18H21NO. The standard InChI is InChI=1S/C18H21NO/c1-12-8-5-6-9-14(12)19-13(2)18(3,4)17-15(19)10-7-11-16(17)20/h5-11,13,20H,1-4H3. The summed E-state index contributed by atoms with van der Waals surface area (Å²) in [5.74, 6) is 0.399. The second kappa shape index (κ2) is 4.27. The Balaban J connectivity index is 2.26. The lowest BCUT2D eigenvalue weighted by Crippen LogP contribution is -2.36. The van der Waals surface area contributed by atoms with Crippen LogP contribution in [0, 0.1) is 6.92 Å². The summed E-state index contributed by atoms with van der Waals surface area (Å²) >= 11 is 0. The summed E-state index contributed by atoms with van der Waals surface area (Å²) < 4.78 is 0. The maximum absolute atomic E-state index is 10.3. The zero-order chi connectivity index (χ0) is 14.5. The van der Waals surface area contributed by atoms with Gasteiger partial charge in [0.2, 0.25) is 0 Å². The van der Waals surface area contributed by atoms with Gasteiger partial charge in [0.15, 0.2) is 0 Å². The van der Waals surface area contributed by atoms with Crippen molar-refractivity contribution in [3.8, 4) is 5.75 Å². The Morgan fingerprint density at radius 3 is 2.35 bits per heavy atom. The minimum Gasteiger partial charge on any atom is -0.508 e. The van der Waals surface area contributed by atoms with E-state index in [1.54, 1.807) is 6.07 Å². The average Bonchev–Trinajstić information content (AvgIpc) is 2.60. The fraction of sp³-hybridized carbons (Fsp3) is 0.333. The zero-order valence-electron chi connectivity index (χ0n) is 12.5. The largest absolute Gasteiger partial charge is 0.508 e. The van der Waals surface area contributed by atoms with Crippen LogP contribution in [0.5, 0.6) is 5.75 Å². The van der Waals surface area contributed by atoms with Gasteiger partial charge >= 0.3 is 0 Å². The maximum Gasteiger partial charge on any atom is 0.121 e. The van der Waals surface area contributed by atoms with E-state index >= 15 is 0 Å². The molecule has 0 saturated heterocycles. The fourth-order valence-corrected chi connectivity index (χ4v) is 3.30. The van der Waals surface area contributed by atoms with E-state index in [0.717, 1.165) is 11.3 Å². The highest BCUT2D eigenvalue weighted by atomic mass is 16.3. The molecule has 0 radical (unpaired) electrons. The number of aromatic hydroxyl groups is 1. The number of phenolic OH excluding ortho intramolecular Hbond substituents is 1. The molecule has 104 valence electrons. The van der Waals surface area contributed by atoms with Crippen LogP contribution in [0.25, 0.3) is 0 Å². The Kier molecular flexibility index (Phi) is 2.79. The Morgan fingerprint density at radius 1 is 1.00 bits per heavy atom. The van der Waals surface area contributed by atoms with Crippen molar-refractivity contribution in [3.63, 3.8) is 0 Å². The summed E-state index contributed by atoms with van der Waals surface area (Å²) in [5, 5.41) is 10.3. The highest BCUT2D eigenvalue weighted by Gasteiger charge is 2.44. The van der Waals surface area contributed by atoms with Gasteiger partial charge in [-0.15, -0.1) is 0 Å². The van der Waals surface area contributed by atoms with Gasteiger partial charge in [-0.2, -0.15) is 0 Å². The normalized spacial score (nSPS) is 20.0. The van der Waals surface area contributed by atoms with E-state index in [-0.39, 0.29) is 5.41 Å². The second-order valence-corrected chi connectivity index (χ2v) is 6.23. The van der Waals surface area contributed by atoms with Crippen molar-refractivity contribution in [1.29, 1.82) is 0 Å². The first-order chi connectivity index (χ1) is 9.44. The van der Waals surface area contributed by atoms with E-state index in [9.17, 15) is 5.11 Å². The number of rotatable bonds is 1. The number of phenols is 1. The van der Waals surface area contributed by atoms with Gasteiger partial charge in [0.25, 0.3) is 0 Å². The molecule has 1 aliphatic heterocycles. The smallest absolute Gasteiger partial charge is 0.121 e. The first-order valence-corrected chi connectivity index (χ1v) is 7.12. The minimum absolute atomic E-state index is 0.0804. The molecule has 1 unspecified atom stereocenters. The van der Waals surface area contributed by atoms with E-state index in [1.165, 1.54) is 11.3 Å². The van der Waals surface area contributed by atoms with Crippen molar-refractivity contribution in [2.45, 2.75) is 39.2 Å². The number of nitrogens with zero attached hydrogens (tertiary/aromatic N) is 1. The first-order valence-electron chi connectivity index (χ1n) is 7.12. The minimum atomic E-state index is -0.0804. The molecule has 2 aromatic rings. The predicted molar refractivity (Wildman–Crippen MR) is 83.9 cm³/mol. The molecule has 0 saturated carbocycles. The summed E-state index contributed by atoms with van der Waals surface area (Å²) in [4.78, 5) is 2.35. The van der Waals surface area contributed by atoms with E-state index in [2.05, 4.69) is 62.9 Å². The van der Waals surface area contributed by atoms with Crippen LogP contribution in [0.15, 0.2) is 42.5 Å². The molecule has 3 rings (SSSR count). The van der Waals surface area contributed by atoms with Gasteiger partial charge < -0.3 is 10.0 Å². The molecule has 1 atom stereocenters. The van der Waals surface area contributed by atoms with Gasteiger partial charge in [-0.25, -0.2) is 0 Å². The number of benzene rings is 2. The van der Waals surface area contributed by atoms with Gasteiger partial charge in [-0.1, -0.05) is 38.1 Å². The molecule has 20 heavy (non-hydrogen) atoms. The van der Waals surface area contributed by atoms with E-state index < -0.39 is 0 Å². The molecule has 0 spiro atoms. The fourth-order valence-electron chi connectivity index (χ4n) is 3.30. The SMILES string of the molecule is Cc1ccccc1N1c2cccc(O)c2C(C)(C)C1C. The third-order valence-corrected chi connectivity index (χ3v) is 4.73.